The number of imidazole rings is 1. The van der Waals surface area contributed by atoms with Crippen molar-refractivity contribution in [3.8, 4) is 0 Å². The Bertz CT molecular complexity index is 2110. The molecule has 1 fully saturated rings. The van der Waals surface area contributed by atoms with E-state index in [0.29, 0.717) is 31.5 Å². The van der Waals surface area contributed by atoms with Gasteiger partial charge in [-0.25, -0.2) is 9.55 Å². The SMILES string of the molecule is CCCCCCOP(=O)(O)O[C@H](C)[C@H](CC(=O)[C@H](CO)NC(=O)[C@@H](CC(=O)[C@H](CC(C)C)NC(=O)[C@@H]1CCCN1C(=O)CCOCCOCCNC(=O)[C@@H](N)CS)Cc1cnc[nH]1)C(N)=O.CCCCCCc1ccccc1. The lowest BCUT2D eigenvalue weighted by Crippen LogP contribution is -2.52. The number of aromatic nitrogens is 2. The molecule has 22 nitrogen and oxygen atoms in total. The molecule has 0 bridgehead atoms. The number of unbranched alkanes of at least 4 members (excludes halogenated alkanes) is 6. The molecule has 1 aliphatic rings. The zero-order valence-electron chi connectivity index (χ0n) is 46.6. The minimum atomic E-state index is -4.64. The predicted molar refractivity (Wildman–Crippen MR) is 299 cm³/mol. The average Bonchev–Trinajstić information content (AvgIpc) is 4.14. The first-order valence-corrected chi connectivity index (χ1v) is 29.7. The summed E-state index contributed by atoms with van der Waals surface area (Å²) < 4.78 is 33.7. The summed E-state index contributed by atoms with van der Waals surface area (Å²) in [7, 11) is -4.64. The number of carbonyl (C=O) groups is 7. The number of hydrogen-bond acceptors (Lipinski definition) is 16. The fourth-order valence-corrected chi connectivity index (χ4v) is 9.69. The first-order chi connectivity index (χ1) is 37.3. The number of ether oxygens (including phenoxy) is 2. The van der Waals surface area contributed by atoms with Gasteiger partial charge in [-0.3, -0.25) is 42.6 Å². The maximum absolute atomic E-state index is 14.1. The molecule has 442 valence electrons. The molecule has 10 N–H and O–H groups in total. The molecular formula is C54H91N8O14PS. The van der Waals surface area contributed by atoms with Crippen molar-refractivity contribution in [1.29, 1.82) is 0 Å². The summed E-state index contributed by atoms with van der Waals surface area (Å²) in [5, 5.41) is 18.2. The van der Waals surface area contributed by atoms with E-state index in [1.807, 2.05) is 20.8 Å². The molecule has 0 aliphatic carbocycles. The molecule has 24 heteroatoms. The van der Waals surface area contributed by atoms with Gasteiger partial charge in [0.25, 0.3) is 0 Å². The third-order valence-corrected chi connectivity index (χ3v) is 14.5. The number of aryl methyl sites for hydroxylation is 1. The number of Topliss-reactive ketones (excluding diaryl/α,β-unsaturated/α-hetero) is 2. The molecule has 1 aromatic heterocycles. The van der Waals surface area contributed by atoms with Crippen molar-refractivity contribution in [3.63, 3.8) is 0 Å². The summed E-state index contributed by atoms with van der Waals surface area (Å²) in [6.45, 7) is 9.65. The minimum Gasteiger partial charge on any atom is -0.394 e. The normalized spacial score (nSPS) is 16.4. The molecule has 0 spiro atoms. The Morgan fingerprint density at radius 3 is 2.15 bits per heavy atom. The summed E-state index contributed by atoms with van der Waals surface area (Å²) in [6, 6.07) is 6.61. The lowest BCUT2D eigenvalue weighted by Gasteiger charge is -2.28. The minimum absolute atomic E-state index is 0.00643. The molecule has 5 amide bonds. The molecule has 0 radical (unpaired) electrons. The van der Waals surface area contributed by atoms with Gasteiger partial charge in [0.15, 0.2) is 11.6 Å². The number of nitrogens with two attached hydrogens (primary N) is 2. The van der Waals surface area contributed by atoms with Crippen molar-refractivity contribution in [1.82, 2.24) is 30.8 Å². The van der Waals surface area contributed by atoms with Crippen molar-refractivity contribution in [2.24, 2.45) is 29.2 Å². The molecule has 2 heterocycles. The number of nitrogens with zero attached hydrogens (tertiary/aromatic N) is 2. The molecule has 3 rings (SSSR count). The number of phosphoric ester groups is 1. The quantitative estimate of drug-likeness (QED) is 0.0255. The molecule has 1 aromatic carbocycles. The highest BCUT2D eigenvalue weighted by atomic mass is 32.1. The standard InChI is InChI=1S/C42H73N8O14PS.C12H18/c1-5-6-7-8-14-63-65(59,60)64-28(4)31(39(44)55)22-37(53)34(24-51)49-40(56)29(20-30-23-45-26-47-30)21-36(52)33(19-27(2)3)48-42(58)35-10-9-13-50(35)38(54)11-15-61-17-18-62-16-12-46-41(57)32(43)25-66;1-2-3-4-6-9-12-10-7-5-8-11-12/h23,26-29,31-35,51,66H,5-22,24-25,43H2,1-4H3,(H2,44,55)(H,45,47)(H,46,57)(H,48,58)(H,49,56)(H,59,60);5,7-8,10-11H,2-4,6,9H2,1H3/t28-,29-,31+,32+,33+,34+,35+;/m1./s1. The molecule has 1 aliphatic heterocycles. The van der Waals surface area contributed by atoms with Crippen LogP contribution < -0.4 is 27.4 Å². The van der Waals surface area contributed by atoms with E-state index in [-0.39, 0.29) is 82.3 Å². The number of nitrogens with one attached hydrogen (secondary N) is 4. The first-order valence-electron chi connectivity index (χ1n) is 27.6. The van der Waals surface area contributed by atoms with Gasteiger partial charge in [0.1, 0.15) is 12.1 Å². The van der Waals surface area contributed by atoms with E-state index >= 15 is 0 Å². The van der Waals surface area contributed by atoms with Crippen LogP contribution >= 0.6 is 20.5 Å². The summed E-state index contributed by atoms with van der Waals surface area (Å²) in [5.74, 6) is -6.72. The summed E-state index contributed by atoms with van der Waals surface area (Å²) in [4.78, 5) is 111. The smallest absolute Gasteiger partial charge is 0.394 e. The number of primary amides is 1. The van der Waals surface area contributed by atoms with Crippen LogP contribution in [0.1, 0.15) is 136 Å². The number of benzene rings is 1. The Kier molecular flexibility index (Phi) is 35.4. The lowest BCUT2D eigenvalue weighted by molar-refractivity contribution is -0.140. The number of carbonyl (C=O) groups excluding carboxylic acids is 7. The Morgan fingerprint density at radius 1 is 0.872 bits per heavy atom. The Labute approximate surface area is 466 Å². The number of thiol groups is 1. The zero-order chi connectivity index (χ0) is 57.9. The number of aromatic amines is 1. The second-order valence-electron chi connectivity index (χ2n) is 20.0. The molecule has 8 atom stereocenters. The highest BCUT2D eigenvalue weighted by molar-refractivity contribution is 7.80. The zero-order valence-corrected chi connectivity index (χ0v) is 48.4. The van der Waals surface area contributed by atoms with Crippen LogP contribution in [0.15, 0.2) is 42.9 Å². The van der Waals surface area contributed by atoms with Crippen molar-refractivity contribution in [3.05, 3.63) is 54.1 Å². The van der Waals surface area contributed by atoms with E-state index < -0.39 is 98.7 Å². The second kappa shape index (κ2) is 39.7. The van der Waals surface area contributed by atoms with Crippen molar-refractivity contribution in [2.75, 3.05) is 58.5 Å². The molecule has 0 saturated carbocycles. The Morgan fingerprint density at radius 2 is 1.54 bits per heavy atom. The predicted octanol–water partition coefficient (Wildman–Crippen LogP) is 4.30. The number of likely N-dealkylation sites (tertiary alicyclic amines) is 1. The number of aliphatic hydroxyl groups is 1. The molecule has 1 unspecified atom stereocenters. The van der Waals surface area contributed by atoms with Gasteiger partial charge in [-0.1, -0.05) is 96.6 Å². The fraction of sp³-hybridized carbons (Fsp3) is 0.704. The van der Waals surface area contributed by atoms with E-state index in [0.717, 1.165) is 19.3 Å². The molecular weight excluding hydrogens is 1050 g/mol. The number of ketones is 2. The van der Waals surface area contributed by atoms with Crippen molar-refractivity contribution in [2.45, 2.75) is 168 Å². The number of H-pyrrole nitrogens is 1. The maximum atomic E-state index is 14.1. The fourth-order valence-electron chi connectivity index (χ4n) is 8.54. The van der Waals surface area contributed by atoms with Crippen molar-refractivity contribution >= 4 is 61.6 Å². The van der Waals surface area contributed by atoms with Gasteiger partial charge in [0.05, 0.1) is 82.4 Å². The van der Waals surface area contributed by atoms with Crippen LogP contribution in [-0.4, -0.2) is 155 Å². The van der Waals surface area contributed by atoms with Gasteiger partial charge >= 0.3 is 7.82 Å². The van der Waals surface area contributed by atoms with Crippen LogP contribution in [0.4, 0.5) is 0 Å². The highest BCUT2D eigenvalue weighted by Gasteiger charge is 2.38. The lowest BCUT2D eigenvalue weighted by atomic mass is 9.89. The largest absolute Gasteiger partial charge is 0.472 e. The van der Waals surface area contributed by atoms with Crippen LogP contribution in [0.2, 0.25) is 0 Å². The van der Waals surface area contributed by atoms with Crippen LogP contribution in [0.3, 0.4) is 0 Å². The van der Waals surface area contributed by atoms with Crippen LogP contribution in [0.5, 0.6) is 0 Å². The number of rotatable bonds is 41. The molecule has 1 saturated heterocycles. The summed E-state index contributed by atoms with van der Waals surface area (Å²) in [6.07, 6.45) is 11.3. The highest BCUT2D eigenvalue weighted by Crippen LogP contribution is 2.46. The number of amides is 5. The topological polar surface area (TPSA) is 334 Å². The number of aliphatic hydroxyl groups excluding tert-OH is 1. The average molecular weight is 1140 g/mol. The third-order valence-electron chi connectivity index (χ3n) is 13.0. The second-order valence-corrected chi connectivity index (χ2v) is 21.8. The summed E-state index contributed by atoms with van der Waals surface area (Å²) >= 11 is 3.98. The van der Waals surface area contributed by atoms with Gasteiger partial charge < -0.3 is 56.8 Å². The van der Waals surface area contributed by atoms with Gasteiger partial charge in [-0.05, 0) is 56.9 Å². The summed E-state index contributed by atoms with van der Waals surface area (Å²) in [5.41, 5.74) is 13.1. The van der Waals surface area contributed by atoms with Gasteiger partial charge in [-0.2, -0.15) is 12.6 Å². The first kappa shape index (κ1) is 69.5. The Hall–Kier alpha value is -4.58. The molecule has 2 aromatic rings. The third kappa shape index (κ3) is 28.5. The van der Waals surface area contributed by atoms with Gasteiger partial charge in [-0.15, -0.1) is 0 Å². The van der Waals surface area contributed by atoms with E-state index in [2.05, 4.69) is 75.8 Å². The van der Waals surface area contributed by atoms with Crippen molar-refractivity contribution < 1.29 is 66.6 Å². The molecule has 78 heavy (non-hydrogen) atoms. The van der Waals surface area contributed by atoms with E-state index in [1.165, 1.54) is 62.0 Å². The van der Waals surface area contributed by atoms with E-state index in [4.69, 9.17) is 30.0 Å². The number of hydrogen-bond donors (Lipinski definition) is 9. The van der Waals surface area contributed by atoms with Gasteiger partial charge in [0.2, 0.25) is 29.5 Å². The van der Waals surface area contributed by atoms with Crippen LogP contribution in [0.25, 0.3) is 0 Å². The monoisotopic (exact) mass is 1140 g/mol. The van der Waals surface area contributed by atoms with Crippen LogP contribution in [0, 0.1) is 17.8 Å². The van der Waals surface area contributed by atoms with E-state index in [1.54, 1.807) is 0 Å². The van der Waals surface area contributed by atoms with E-state index in [9.17, 15) is 48.1 Å². The number of phosphoric acid groups is 1. The van der Waals surface area contributed by atoms with Crippen LogP contribution in [-0.2, 0) is 69.5 Å². The Balaban J connectivity index is 0.00000152. The van der Waals surface area contributed by atoms with Gasteiger partial charge in [0, 0.05) is 50.0 Å². The maximum Gasteiger partial charge on any atom is 0.472 e.